The topological polar surface area (TPSA) is 29.9 Å². The van der Waals surface area contributed by atoms with Gasteiger partial charge in [-0.15, -0.1) is 0 Å². The first-order valence-corrected chi connectivity index (χ1v) is 6.32. The van der Waals surface area contributed by atoms with E-state index in [4.69, 9.17) is 0 Å². The van der Waals surface area contributed by atoms with E-state index in [-0.39, 0.29) is 0 Å². The maximum atomic E-state index is 4.05. The van der Waals surface area contributed by atoms with Gasteiger partial charge in [-0.2, -0.15) is 5.10 Å². The molecule has 0 spiro atoms. The second-order valence-electron chi connectivity index (χ2n) is 1.66. The highest BCUT2D eigenvalue weighted by Crippen LogP contribution is 2.13. The van der Waals surface area contributed by atoms with Crippen molar-refractivity contribution in [1.82, 2.24) is 13.9 Å². The Balaban J connectivity index is 2.59. The minimum Gasteiger partial charge on any atom is -0.262 e. The summed E-state index contributed by atoms with van der Waals surface area (Å²) < 4.78 is 4.54. The van der Waals surface area contributed by atoms with Crippen LogP contribution in [-0.4, -0.2) is 9.19 Å². The minimum absolute atomic E-state index is 0.750. The second-order valence-corrected chi connectivity index (χ2v) is 3.67. The first-order valence-electron chi connectivity index (χ1n) is 2.56. The molecule has 0 saturated heterocycles. The van der Waals surface area contributed by atoms with E-state index in [0.29, 0.717) is 0 Å². The van der Waals surface area contributed by atoms with E-state index in [1.165, 1.54) is 9.12 Å². The van der Waals surface area contributed by atoms with Crippen LogP contribution in [0.1, 0.15) is 5.56 Å². The Hall–Kier alpha value is 0.600. The van der Waals surface area contributed by atoms with Gasteiger partial charge < -0.3 is 0 Å². The first-order chi connectivity index (χ1) is 4.86. The summed E-state index contributed by atoms with van der Waals surface area (Å²) in [5, 5.41) is 4.05. The molecular weight excluding hydrogens is 281 g/mol. The Bertz CT molecular complexity index is 202. The molecule has 1 N–H and O–H groups in total. The summed E-state index contributed by atoms with van der Waals surface area (Å²) in [5.41, 5.74) is 1.14. The van der Waals surface area contributed by atoms with Crippen LogP contribution in [0.25, 0.3) is 0 Å². The largest absolute Gasteiger partial charge is 0.262 e. The van der Waals surface area contributed by atoms with Crippen molar-refractivity contribution in [3.63, 3.8) is 0 Å². The third-order valence-electron chi connectivity index (χ3n) is 0.968. The van der Waals surface area contributed by atoms with Gasteiger partial charge in [-0.05, 0) is 0 Å². The molecule has 0 aromatic carbocycles. The lowest BCUT2D eigenvalue weighted by Gasteiger charge is -1.89. The van der Waals surface area contributed by atoms with Crippen molar-refractivity contribution in [1.29, 1.82) is 0 Å². The number of hydrogen-bond donors (Lipinski definition) is 2. The first kappa shape index (κ1) is 8.69. The van der Waals surface area contributed by atoms with Crippen molar-refractivity contribution in [2.45, 2.75) is 6.54 Å². The number of nitrogens with zero attached hydrogens (tertiary/aromatic N) is 2. The summed E-state index contributed by atoms with van der Waals surface area (Å²) in [6.45, 7) is 0.750. The van der Waals surface area contributed by atoms with Crippen molar-refractivity contribution in [3.8, 4) is 0 Å². The minimum atomic E-state index is 0.750. The van der Waals surface area contributed by atoms with Gasteiger partial charge in [-0.1, -0.05) is 12.8 Å². The molecule has 1 aromatic heterocycles. The zero-order valence-electron chi connectivity index (χ0n) is 4.99. The molecule has 0 aliphatic rings. The van der Waals surface area contributed by atoms with Crippen LogP contribution in [0.2, 0.25) is 0 Å². The lowest BCUT2D eigenvalue weighted by Crippen LogP contribution is -1.95. The molecule has 0 aliphatic carbocycles. The Morgan fingerprint density at radius 2 is 2.70 bits per heavy atom. The average Bonchev–Trinajstić information content (AvgIpc) is 2.37. The Morgan fingerprint density at radius 1 is 1.90 bits per heavy atom. The van der Waals surface area contributed by atoms with Crippen molar-refractivity contribution >= 4 is 43.1 Å². The van der Waals surface area contributed by atoms with Crippen LogP contribution in [0.3, 0.4) is 0 Å². The number of nitrogens with one attached hydrogen (secondary N) is 1. The summed E-state index contributed by atoms with van der Waals surface area (Å²) in [7, 11) is 1.54. The Morgan fingerprint density at radius 3 is 3.20 bits per heavy atom. The van der Waals surface area contributed by atoms with Gasteiger partial charge in [0.15, 0.2) is 0 Å². The normalized spacial score (nSPS) is 10.2. The van der Waals surface area contributed by atoms with Gasteiger partial charge in [0, 0.05) is 48.6 Å². The van der Waals surface area contributed by atoms with Crippen LogP contribution < -0.4 is 4.72 Å². The van der Waals surface area contributed by atoms with Gasteiger partial charge in [0.2, 0.25) is 0 Å². The van der Waals surface area contributed by atoms with Gasteiger partial charge >= 0.3 is 0 Å². The third-order valence-corrected chi connectivity index (χ3v) is 2.68. The van der Waals surface area contributed by atoms with E-state index in [1.54, 1.807) is 4.09 Å². The molecule has 3 nitrogen and oxygen atoms in total. The number of halogens is 1. The highest BCUT2D eigenvalue weighted by molar-refractivity contribution is 14.2. The second kappa shape index (κ2) is 4.47. The number of hydrogen-bond acceptors (Lipinski definition) is 4. The van der Waals surface area contributed by atoms with E-state index >= 15 is 0 Å². The van der Waals surface area contributed by atoms with Crippen molar-refractivity contribution in [2.24, 2.45) is 0 Å². The molecule has 0 unspecified atom stereocenters. The quantitative estimate of drug-likeness (QED) is 0.654. The van der Waals surface area contributed by atoms with E-state index in [1.807, 2.05) is 12.4 Å². The smallest absolute Gasteiger partial charge is 0.0546 e. The van der Waals surface area contributed by atoms with Gasteiger partial charge in [-0.25, -0.2) is 4.09 Å². The molecule has 0 atom stereocenters. The molecule has 10 heavy (non-hydrogen) atoms. The molecule has 1 rings (SSSR count). The lowest BCUT2D eigenvalue weighted by molar-refractivity contribution is 0.986. The van der Waals surface area contributed by atoms with Crippen LogP contribution in [0, 0.1) is 0 Å². The Kier molecular flexibility index (Phi) is 3.89. The molecule has 0 fully saturated rings. The Labute approximate surface area is 81.2 Å². The molecule has 0 aliphatic heterocycles. The maximum absolute atomic E-state index is 4.05. The van der Waals surface area contributed by atoms with Gasteiger partial charge in [0.25, 0.3) is 0 Å². The molecule has 1 aromatic rings. The van der Waals surface area contributed by atoms with Crippen LogP contribution in [0.5, 0.6) is 0 Å². The van der Waals surface area contributed by atoms with Gasteiger partial charge in [0.1, 0.15) is 0 Å². The summed E-state index contributed by atoms with van der Waals surface area (Å²) in [5.74, 6) is 0. The molecular formula is C4H6IN3S2. The summed E-state index contributed by atoms with van der Waals surface area (Å²) >= 11 is 6.05. The molecule has 6 heteroatoms. The standard InChI is InChI=1S/C4H6IN3S2/c5-10-8-3-4(1-6-8)2-7-9/h1,3,7,9H,2H2. The average molecular weight is 287 g/mol. The SMILES string of the molecule is SNCc1cnn(SI)c1. The lowest BCUT2D eigenvalue weighted by atomic mass is 10.4. The van der Waals surface area contributed by atoms with E-state index < -0.39 is 0 Å². The predicted octanol–water partition coefficient (Wildman–Crippen LogP) is 1.66. The number of thiol groups is 1. The zero-order chi connectivity index (χ0) is 7.40. The van der Waals surface area contributed by atoms with E-state index in [9.17, 15) is 0 Å². The van der Waals surface area contributed by atoms with Gasteiger partial charge in [-0.3, -0.25) is 4.72 Å². The summed E-state index contributed by atoms with van der Waals surface area (Å²) in [6, 6.07) is 0. The van der Waals surface area contributed by atoms with Crippen LogP contribution in [0.15, 0.2) is 12.4 Å². The highest BCUT2D eigenvalue weighted by atomic mass is 127. The number of rotatable bonds is 3. The molecule has 0 bridgehead atoms. The van der Waals surface area contributed by atoms with Crippen molar-refractivity contribution in [3.05, 3.63) is 18.0 Å². The van der Waals surface area contributed by atoms with Crippen molar-refractivity contribution in [2.75, 3.05) is 0 Å². The molecule has 56 valence electrons. The number of aromatic nitrogens is 2. The van der Waals surface area contributed by atoms with Crippen LogP contribution >= 0.6 is 43.1 Å². The zero-order valence-corrected chi connectivity index (χ0v) is 8.86. The molecule has 0 amide bonds. The molecule has 0 radical (unpaired) electrons. The van der Waals surface area contributed by atoms with Crippen LogP contribution in [-0.2, 0) is 6.54 Å². The van der Waals surface area contributed by atoms with Crippen molar-refractivity contribution < 1.29 is 0 Å². The van der Waals surface area contributed by atoms with Crippen LogP contribution in [0.4, 0.5) is 0 Å². The molecule has 1 heterocycles. The highest BCUT2D eigenvalue weighted by Gasteiger charge is 1.94. The fourth-order valence-corrected chi connectivity index (χ4v) is 1.65. The third kappa shape index (κ3) is 2.33. The fraction of sp³-hybridized carbons (Fsp3) is 0.250. The monoisotopic (exact) mass is 287 g/mol. The van der Waals surface area contributed by atoms with Gasteiger partial charge in [0.05, 0.1) is 6.20 Å². The van der Waals surface area contributed by atoms with E-state index in [0.717, 1.165) is 12.1 Å². The fourth-order valence-electron chi connectivity index (χ4n) is 0.560. The molecule has 0 saturated carbocycles. The summed E-state index contributed by atoms with van der Waals surface area (Å²) in [6.07, 6.45) is 3.77. The predicted molar refractivity (Wildman–Crippen MR) is 55.1 cm³/mol. The van der Waals surface area contributed by atoms with E-state index in [2.05, 4.69) is 43.8 Å². The maximum Gasteiger partial charge on any atom is 0.0546 e. The summed E-state index contributed by atoms with van der Waals surface area (Å²) in [4.78, 5) is 0.